The van der Waals surface area contributed by atoms with Crippen LogP contribution in [-0.2, 0) is 0 Å². The molecule has 47 heavy (non-hydrogen) atoms. The molecule has 4 heteroatoms. The minimum absolute atomic E-state index is 0.875. The van der Waals surface area contributed by atoms with Crippen LogP contribution < -0.4 is 0 Å². The lowest BCUT2D eigenvalue weighted by Gasteiger charge is -2.07. The molecule has 2 aliphatic rings. The van der Waals surface area contributed by atoms with Gasteiger partial charge in [0.2, 0.25) is 0 Å². The lowest BCUT2D eigenvalue weighted by molar-refractivity contribution is 1.30. The molecule has 0 unspecified atom stereocenters. The van der Waals surface area contributed by atoms with E-state index in [2.05, 4.69) is 144 Å². The number of allylic oxidation sites excluding steroid dienone is 3. The molecule has 0 atom stereocenters. The van der Waals surface area contributed by atoms with E-state index in [1.807, 2.05) is 31.2 Å². The number of H-pyrrole nitrogens is 2. The van der Waals surface area contributed by atoms with Gasteiger partial charge in [0.05, 0.1) is 22.8 Å². The summed E-state index contributed by atoms with van der Waals surface area (Å²) in [6, 6.07) is 40.0. The molecular formula is C43H32N4. The maximum absolute atomic E-state index is 5.33. The smallest absolute Gasteiger partial charge is 0.0737 e. The molecular weight excluding hydrogens is 573 g/mol. The number of hydrogen-bond donors (Lipinski definition) is 2. The number of rotatable bonds is 5. The van der Waals surface area contributed by atoms with Gasteiger partial charge in [-0.25, -0.2) is 9.97 Å². The van der Waals surface area contributed by atoms with Gasteiger partial charge in [-0.15, -0.1) is 0 Å². The quantitative estimate of drug-likeness (QED) is 0.192. The maximum atomic E-state index is 5.33. The van der Waals surface area contributed by atoms with E-state index in [1.54, 1.807) is 0 Å². The Morgan fingerprint density at radius 2 is 0.851 bits per heavy atom. The van der Waals surface area contributed by atoms with Gasteiger partial charge >= 0.3 is 0 Å². The normalized spacial score (nSPS) is 12.4. The highest BCUT2D eigenvalue weighted by molar-refractivity contribution is 5.99. The molecule has 8 bridgehead atoms. The van der Waals surface area contributed by atoms with Gasteiger partial charge in [0, 0.05) is 44.3 Å². The van der Waals surface area contributed by atoms with Crippen molar-refractivity contribution in [3.63, 3.8) is 0 Å². The third kappa shape index (κ3) is 5.06. The van der Waals surface area contributed by atoms with Crippen molar-refractivity contribution in [1.82, 2.24) is 19.9 Å². The monoisotopic (exact) mass is 604 g/mol. The van der Waals surface area contributed by atoms with Gasteiger partial charge in [0.1, 0.15) is 0 Å². The summed E-state index contributed by atoms with van der Waals surface area (Å²) in [5.74, 6) is 0. The second-order valence-corrected chi connectivity index (χ2v) is 11.5. The van der Waals surface area contributed by atoms with E-state index in [0.717, 1.165) is 89.4 Å². The van der Waals surface area contributed by atoms with Crippen molar-refractivity contribution in [3.05, 3.63) is 162 Å². The molecule has 0 amide bonds. The summed E-state index contributed by atoms with van der Waals surface area (Å²) in [6.45, 7) is 6.19. The van der Waals surface area contributed by atoms with E-state index in [0.29, 0.717) is 0 Å². The summed E-state index contributed by atoms with van der Waals surface area (Å²) in [4.78, 5) is 18.2. The molecule has 3 aromatic carbocycles. The number of nitrogens with one attached hydrogen (secondary N) is 2. The van der Waals surface area contributed by atoms with E-state index < -0.39 is 0 Å². The van der Waals surface area contributed by atoms with Crippen LogP contribution in [0.1, 0.15) is 35.3 Å². The molecule has 4 nitrogen and oxygen atoms in total. The Morgan fingerprint density at radius 1 is 0.489 bits per heavy atom. The number of aromatic nitrogens is 4. The average Bonchev–Trinajstić information content (AvgIpc) is 3.95. The van der Waals surface area contributed by atoms with Crippen molar-refractivity contribution in [3.8, 4) is 33.4 Å². The highest BCUT2D eigenvalue weighted by atomic mass is 14.8. The van der Waals surface area contributed by atoms with Crippen LogP contribution in [0, 0.1) is 0 Å². The lowest BCUT2D eigenvalue weighted by Crippen LogP contribution is -1.91. The Bertz CT molecular complexity index is 2370. The van der Waals surface area contributed by atoms with Crippen molar-refractivity contribution >= 4 is 51.9 Å². The minimum atomic E-state index is 0.875. The van der Waals surface area contributed by atoms with Gasteiger partial charge in [-0.05, 0) is 77.8 Å². The van der Waals surface area contributed by atoms with Gasteiger partial charge in [-0.2, -0.15) is 0 Å². The summed E-state index contributed by atoms with van der Waals surface area (Å²) in [6.07, 6.45) is 12.5. The van der Waals surface area contributed by atoms with Gasteiger partial charge < -0.3 is 9.97 Å². The van der Waals surface area contributed by atoms with E-state index in [4.69, 9.17) is 9.97 Å². The van der Waals surface area contributed by atoms with Crippen molar-refractivity contribution in [2.75, 3.05) is 0 Å². The van der Waals surface area contributed by atoms with Crippen molar-refractivity contribution < 1.29 is 0 Å². The molecule has 0 saturated carbocycles. The Kier molecular flexibility index (Phi) is 7.16. The number of aromatic amines is 2. The summed E-state index contributed by atoms with van der Waals surface area (Å²) in [5, 5.41) is 0. The van der Waals surface area contributed by atoms with E-state index >= 15 is 0 Å². The van der Waals surface area contributed by atoms with Crippen LogP contribution in [0.4, 0.5) is 0 Å². The van der Waals surface area contributed by atoms with E-state index in [9.17, 15) is 0 Å². The molecule has 2 N–H and O–H groups in total. The predicted octanol–water partition coefficient (Wildman–Crippen LogP) is 11.2. The molecule has 5 heterocycles. The minimum Gasteiger partial charge on any atom is -0.354 e. The fourth-order valence-corrected chi connectivity index (χ4v) is 6.60. The van der Waals surface area contributed by atoms with Gasteiger partial charge in [-0.1, -0.05) is 110 Å². The first-order valence-electron chi connectivity index (χ1n) is 15.8. The molecule has 0 spiro atoms. The van der Waals surface area contributed by atoms with Crippen molar-refractivity contribution in [2.24, 2.45) is 0 Å². The summed E-state index contributed by atoms with van der Waals surface area (Å²) in [5.41, 5.74) is 15.8. The number of nitrogens with zero attached hydrogens (tertiary/aromatic N) is 2. The average molecular weight is 605 g/mol. The zero-order valence-corrected chi connectivity index (χ0v) is 26.0. The topological polar surface area (TPSA) is 57.4 Å². The SMILES string of the molecule is C=C/C(=C\C)c1c2nc(c(-c3ccccc3)c3ccc([nH]3)c(-c3ccccc3)c3nc(c(-c4ccccc4)c4ccc1[nH]4)C=C3)C=C2. The van der Waals surface area contributed by atoms with Gasteiger partial charge in [0.25, 0.3) is 0 Å². The highest BCUT2D eigenvalue weighted by Gasteiger charge is 2.18. The van der Waals surface area contributed by atoms with E-state index in [-0.39, 0.29) is 0 Å². The molecule has 2 aliphatic heterocycles. The molecule has 0 saturated heterocycles. The highest BCUT2D eigenvalue weighted by Crippen LogP contribution is 2.37. The van der Waals surface area contributed by atoms with Crippen LogP contribution in [-0.4, -0.2) is 19.9 Å². The zero-order valence-electron chi connectivity index (χ0n) is 26.0. The molecule has 8 rings (SSSR count). The Balaban J connectivity index is 1.59. The largest absolute Gasteiger partial charge is 0.354 e. The van der Waals surface area contributed by atoms with Crippen LogP contribution >= 0.6 is 0 Å². The molecule has 6 aromatic rings. The Hall–Kier alpha value is -6.26. The predicted molar refractivity (Wildman–Crippen MR) is 199 cm³/mol. The molecule has 3 aromatic heterocycles. The Morgan fingerprint density at radius 3 is 1.26 bits per heavy atom. The maximum Gasteiger partial charge on any atom is 0.0737 e. The van der Waals surface area contributed by atoms with Gasteiger partial charge in [-0.3, -0.25) is 0 Å². The number of fused-ring (bicyclic) bond motifs is 8. The fraction of sp³-hybridized carbons (Fsp3) is 0.0233. The first kappa shape index (κ1) is 28.2. The number of hydrogen-bond acceptors (Lipinski definition) is 2. The van der Waals surface area contributed by atoms with Crippen LogP contribution in [0.3, 0.4) is 0 Å². The zero-order chi connectivity index (χ0) is 31.7. The lowest BCUT2D eigenvalue weighted by atomic mass is 10.0. The molecule has 0 fully saturated rings. The first-order chi connectivity index (χ1) is 23.2. The third-order valence-electron chi connectivity index (χ3n) is 8.76. The fourth-order valence-electron chi connectivity index (χ4n) is 6.60. The van der Waals surface area contributed by atoms with Gasteiger partial charge in [0.15, 0.2) is 0 Å². The third-order valence-corrected chi connectivity index (χ3v) is 8.76. The molecule has 0 aliphatic carbocycles. The van der Waals surface area contributed by atoms with Crippen LogP contribution in [0.5, 0.6) is 0 Å². The first-order valence-corrected chi connectivity index (χ1v) is 15.8. The molecule has 0 radical (unpaired) electrons. The number of benzene rings is 3. The van der Waals surface area contributed by atoms with E-state index in [1.165, 1.54) is 0 Å². The Labute approximate surface area is 273 Å². The van der Waals surface area contributed by atoms with Crippen molar-refractivity contribution in [2.45, 2.75) is 6.92 Å². The van der Waals surface area contributed by atoms with Crippen LogP contribution in [0.25, 0.3) is 85.3 Å². The van der Waals surface area contributed by atoms with Crippen molar-refractivity contribution in [1.29, 1.82) is 0 Å². The summed E-state index contributed by atoms with van der Waals surface area (Å²) >= 11 is 0. The summed E-state index contributed by atoms with van der Waals surface area (Å²) in [7, 11) is 0. The van der Waals surface area contributed by atoms with Crippen LogP contribution in [0.2, 0.25) is 0 Å². The van der Waals surface area contributed by atoms with Crippen LogP contribution in [0.15, 0.2) is 134 Å². The molecule has 224 valence electrons. The standard InChI is InChI=1S/C43H32N4/c1-3-28(4-2)40-32-20-22-34(44-32)41(29-14-8-5-9-15-29)36-24-26-38(46-36)43(31-18-12-7-13-19-31)39-27-25-37(47-39)42(30-16-10-6-11-17-30)35-23-21-33(40)45-35/h3-27,44,47H,1H2,2H3/b28-4+,40-32?,40-33?,41-34?,41-36?,42-35?,42-37?,43-38?,43-39?. The summed E-state index contributed by atoms with van der Waals surface area (Å²) < 4.78 is 0. The second kappa shape index (κ2) is 11.9. The second-order valence-electron chi connectivity index (χ2n) is 11.5.